The molecule has 3 aromatic rings. The molecule has 0 bridgehead atoms. The Balaban J connectivity index is 1.96. The van der Waals surface area contributed by atoms with E-state index < -0.39 is 7.26 Å². The lowest BCUT2D eigenvalue weighted by Crippen LogP contribution is -2.26. The van der Waals surface area contributed by atoms with Gasteiger partial charge in [-0.25, -0.2) is 0 Å². The fraction of sp³-hybridized carbons (Fsp3) is 0.120. The van der Waals surface area contributed by atoms with Crippen LogP contribution < -0.4 is 10.6 Å². The molecule has 0 spiro atoms. The van der Waals surface area contributed by atoms with Crippen molar-refractivity contribution < 1.29 is 0 Å². The molecule has 26 heavy (non-hydrogen) atoms. The zero-order valence-electron chi connectivity index (χ0n) is 15.0. The molecule has 0 saturated carbocycles. The summed E-state index contributed by atoms with van der Waals surface area (Å²) < 4.78 is 0. The summed E-state index contributed by atoms with van der Waals surface area (Å²) in [4.78, 5) is 0. The number of rotatable bonds is 5. The summed E-state index contributed by atoms with van der Waals surface area (Å²) >= 11 is 0. The lowest BCUT2D eigenvalue weighted by Gasteiger charge is -2.30. The standard InChI is InChI=1S/C25H24P/c1-5-13-22(14-6-1)21-26(23-15-7-2-8-16-23,24-17-9-3-10-18-24)25-19-11-4-12-20-25/h1-11,13-19H,12,20-21H2/q+1. The fourth-order valence-electron chi connectivity index (χ4n) is 3.90. The topological polar surface area (TPSA) is 0 Å². The van der Waals surface area contributed by atoms with E-state index in [2.05, 4.69) is 109 Å². The van der Waals surface area contributed by atoms with Crippen LogP contribution in [0.4, 0.5) is 0 Å². The van der Waals surface area contributed by atoms with Crippen LogP contribution in [0.25, 0.3) is 0 Å². The van der Waals surface area contributed by atoms with Crippen molar-refractivity contribution in [3.63, 3.8) is 0 Å². The molecule has 0 aliphatic heterocycles. The molecule has 128 valence electrons. The van der Waals surface area contributed by atoms with E-state index in [0.29, 0.717) is 0 Å². The van der Waals surface area contributed by atoms with Gasteiger partial charge in [0.2, 0.25) is 0 Å². The van der Waals surface area contributed by atoms with Gasteiger partial charge < -0.3 is 0 Å². The molecule has 0 amide bonds. The van der Waals surface area contributed by atoms with Gasteiger partial charge in [0.1, 0.15) is 17.9 Å². The molecule has 0 atom stereocenters. The van der Waals surface area contributed by atoms with Crippen LogP contribution in [0.2, 0.25) is 0 Å². The molecule has 0 aromatic heterocycles. The lowest BCUT2D eigenvalue weighted by atomic mass is 10.2. The zero-order valence-corrected chi connectivity index (χ0v) is 15.9. The van der Waals surface area contributed by atoms with E-state index in [4.69, 9.17) is 0 Å². The molecule has 4 rings (SSSR count). The second-order valence-electron chi connectivity index (χ2n) is 6.75. The number of allylic oxidation sites excluding steroid dienone is 4. The first-order chi connectivity index (χ1) is 12.9. The highest BCUT2D eigenvalue weighted by molar-refractivity contribution is 7.92. The van der Waals surface area contributed by atoms with Gasteiger partial charge in [0.15, 0.2) is 0 Å². The average molecular weight is 355 g/mol. The van der Waals surface area contributed by atoms with E-state index in [1.165, 1.54) is 16.2 Å². The third kappa shape index (κ3) is 3.30. The fourth-order valence-corrected chi connectivity index (χ4v) is 8.40. The first-order valence-electron chi connectivity index (χ1n) is 9.29. The van der Waals surface area contributed by atoms with Gasteiger partial charge in [-0.1, -0.05) is 78.9 Å². The molecular formula is C25H24P+. The Bertz CT molecular complexity index is 853. The van der Waals surface area contributed by atoms with Gasteiger partial charge in [-0.2, -0.15) is 0 Å². The minimum absolute atomic E-state index is 1.08. The van der Waals surface area contributed by atoms with Crippen LogP contribution in [0.15, 0.2) is 115 Å². The summed E-state index contributed by atoms with van der Waals surface area (Å²) in [6.07, 6.45) is 10.3. The van der Waals surface area contributed by atoms with E-state index in [0.717, 1.165) is 19.0 Å². The van der Waals surface area contributed by atoms with Crippen molar-refractivity contribution in [2.75, 3.05) is 0 Å². The van der Waals surface area contributed by atoms with Crippen molar-refractivity contribution in [3.05, 3.63) is 120 Å². The van der Waals surface area contributed by atoms with Gasteiger partial charge in [0, 0.05) is 6.42 Å². The van der Waals surface area contributed by atoms with Crippen molar-refractivity contribution in [1.29, 1.82) is 0 Å². The van der Waals surface area contributed by atoms with Crippen LogP contribution in [0.1, 0.15) is 18.4 Å². The molecular weight excluding hydrogens is 331 g/mol. The summed E-state index contributed by atoms with van der Waals surface area (Å²) in [5, 5.41) is 4.58. The minimum atomic E-state index is -1.69. The van der Waals surface area contributed by atoms with E-state index in [1.54, 1.807) is 5.31 Å². The predicted octanol–water partition coefficient (Wildman–Crippen LogP) is 6.09. The van der Waals surface area contributed by atoms with E-state index >= 15 is 0 Å². The van der Waals surface area contributed by atoms with Crippen LogP contribution in [0.5, 0.6) is 0 Å². The van der Waals surface area contributed by atoms with Crippen LogP contribution in [0, 0.1) is 0 Å². The SMILES string of the molecule is C1=CCCC([P+](Cc2ccccc2)(c2ccccc2)c2ccccc2)=C1. The average Bonchev–Trinajstić information content (AvgIpc) is 2.75. The van der Waals surface area contributed by atoms with Crippen molar-refractivity contribution >= 4 is 17.9 Å². The van der Waals surface area contributed by atoms with E-state index in [-0.39, 0.29) is 0 Å². The molecule has 1 aliphatic carbocycles. The van der Waals surface area contributed by atoms with Crippen LogP contribution in [0.3, 0.4) is 0 Å². The Morgan fingerprint density at radius 2 is 1.19 bits per heavy atom. The quantitative estimate of drug-likeness (QED) is 0.486. The van der Waals surface area contributed by atoms with Gasteiger partial charge in [0.25, 0.3) is 0 Å². The minimum Gasteiger partial charge on any atom is -0.0839 e. The smallest absolute Gasteiger partial charge is 0.0839 e. The van der Waals surface area contributed by atoms with E-state index in [9.17, 15) is 0 Å². The summed E-state index contributed by atoms with van der Waals surface area (Å²) in [7, 11) is -1.69. The molecule has 0 fully saturated rings. The highest BCUT2D eigenvalue weighted by Gasteiger charge is 2.46. The highest BCUT2D eigenvalue weighted by Crippen LogP contribution is 2.67. The van der Waals surface area contributed by atoms with Crippen molar-refractivity contribution in [3.8, 4) is 0 Å². The number of hydrogen-bond donors (Lipinski definition) is 0. The monoisotopic (exact) mass is 355 g/mol. The third-order valence-electron chi connectivity index (χ3n) is 5.14. The Hall–Kier alpha value is -2.43. The maximum Gasteiger partial charge on any atom is 0.112 e. The van der Waals surface area contributed by atoms with Crippen LogP contribution >= 0.6 is 7.26 Å². The van der Waals surface area contributed by atoms with Crippen LogP contribution in [-0.4, -0.2) is 0 Å². The molecule has 1 heteroatoms. The second kappa shape index (κ2) is 7.85. The maximum atomic E-state index is 2.39. The number of hydrogen-bond acceptors (Lipinski definition) is 0. The first kappa shape index (κ1) is 17.0. The zero-order chi connectivity index (χ0) is 17.7. The normalized spacial score (nSPS) is 14.1. The Morgan fingerprint density at radius 3 is 1.69 bits per heavy atom. The summed E-state index contributed by atoms with van der Waals surface area (Å²) in [5.74, 6) is 0. The first-order valence-corrected chi connectivity index (χ1v) is 11.3. The van der Waals surface area contributed by atoms with Crippen molar-refractivity contribution in [2.24, 2.45) is 0 Å². The molecule has 0 N–H and O–H groups in total. The molecule has 0 unspecified atom stereocenters. The van der Waals surface area contributed by atoms with E-state index in [1.807, 2.05) is 0 Å². The second-order valence-corrected chi connectivity index (χ2v) is 10.3. The Morgan fingerprint density at radius 1 is 0.654 bits per heavy atom. The Kier molecular flexibility index (Phi) is 5.14. The van der Waals surface area contributed by atoms with Gasteiger partial charge in [0.05, 0.1) is 11.5 Å². The molecule has 0 nitrogen and oxygen atoms in total. The maximum absolute atomic E-state index is 2.39. The predicted molar refractivity (Wildman–Crippen MR) is 116 cm³/mol. The molecule has 3 aromatic carbocycles. The molecule has 0 heterocycles. The molecule has 0 radical (unpaired) electrons. The molecule has 1 aliphatic rings. The highest BCUT2D eigenvalue weighted by atomic mass is 31.2. The van der Waals surface area contributed by atoms with Crippen LogP contribution in [-0.2, 0) is 6.16 Å². The largest absolute Gasteiger partial charge is 0.112 e. The van der Waals surface area contributed by atoms with Gasteiger partial charge >= 0.3 is 0 Å². The third-order valence-corrected chi connectivity index (χ3v) is 9.69. The van der Waals surface area contributed by atoms with Gasteiger partial charge in [-0.15, -0.1) is 0 Å². The molecule has 0 saturated heterocycles. The van der Waals surface area contributed by atoms with Gasteiger partial charge in [-0.05, 0) is 42.3 Å². The number of benzene rings is 3. The van der Waals surface area contributed by atoms with Crippen molar-refractivity contribution in [1.82, 2.24) is 0 Å². The van der Waals surface area contributed by atoms with Gasteiger partial charge in [-0.3, -0.25) is 0 Å². The Labute approximate surface area is 157 Å². The summed E-state index contributed by atoms with van der Waals surface area (Å²) in [5.41, 5.74) is 1.42. The lowest BCUT2D eigenvalue weighted by molar-refractivity contribution is 1.01. The summed E-state index contributed by atoms with van der Waals surface area (Å²) in [6.45, 7) is 0. The van der Waals surface area contributed by atoms with Crippen molar-refractivity contribution in [2.45, 2.75) is 19.0 Å². The summed E-state index contributed by atoms with van der Waals surface area (Å²) in [6, 6.07) is 33.4.